The summed E-state index contributed by atoms with van der Waals surface area (Å²) in [4.78, 5) is 4.76. The highest BCUT2D eigenvalue weighted by atomic mass is 35.5. The summed E-state index contributed by atoms with van der Waals surface area (Å²) in [5, 5.41) is 3.38. The van der Waals surface area contributed by atoms with Crippen molar-refractivity contribution in [2.24, 2.45) is 22.5 Å². The lowest BCUT2D eigenvalue weighted by Crippen LogP contribution is -2.23. The van der Waals surface area contributed by atoms with Gasteiger partial charge in [-0.15, -0.1) is 12.4 Å². The number of nitrogens with zero attached hydrogens (tertiary/aromatic N) is 1. The van der Waals surface area contributed by atoms with Gasteiger partial charge in [-0.2, -0.15) is 0 Å². The third-order valence-electron chi connectivity index (χ3n) is 1.18. The number of hydrogen-bond donors (Lipinski definition) is 2. The molecule has 0 radical (unpaired) electrons. The summed E-state index contributed by atoms with van der Waals surface area (Å²) < 4.78 is 0. The predicted molar refractivity (Wildman–Crippen MR) is 41.7 cm³/mol. The highest BCUT2D eigenvalue weighted by molar-refractivity contribution is 5.85. The molecule has 0 bridgehead atoms. The molecule has 5 heteroatoms. The van der Waals surface area contributed by atoms with Crippen molar-refractivity contribution in [1.82, 2.24) is 0 Å². The molecule has 0 saturated heterocycles. The summed E-state index contributed by atoms with van der Waals surface area (Å²) in [6, 6.07) is 0. The monoisotopic (exact) mass is 165 g/mol. The maximum absolute atomic E-state index is 5.00. The Balaban J connectivity index is 0.000000810. The Morgan fingerprint density at radius 3 is 2.50 bits per heavy atom. The second-order valence-corrected chi connectivity index (χ2v) is 2.26. The molecule has 0 heterocycles. The molecule has 0 aromatic carbocycles. The molecule has 1 rings (SSSR count). The van der Waals surface area contributed by atoms with Crippen LogP contribution in [0.4, 0.5) is 0 Å². The molecule has 0 atom stereocenters. The first-order chi connectivity index (χ1) is 4.29. The van der Waals surface area contributed by atoms with Crippen LogP contribution in [-0.2, 0) is 4.84 Å². The van der Waals surface area contributed by atoms with E-state index in [9.17, 15) is 0 Å². The largest absolute Gasteiger partial charge is 0.393 e. The minimum absolute atomic E-state index is 0. The van der Waals surface area contributed by atoms with Gasteiger partial charge in [0, 0.05) is 0 Å². The third-order valence-corrected chi connectivity index (χ3v) is 1.18. The highest BCUT2D eigenvalue weighted by Crippen LogP contribution is 2.28. The Labute approximate surface area is 66.0 Å². The molecular formula is C5H12ClN3O. The Morgan fingerprint density at radius 1 is 1.50 bits per heavy atom. The summed E-state index contributed by atoms with van der Waals surface area (Å²) in [7, 11) is 0. The number of guanidine groups is 1. The average Bonchev–Trinajstić information content (AvgIpc) is 2.48. The number of nitrogens with two attached hydrogens (primary N) is 2. The van der Waals surface area contributed by atoms with Crippen molar-refractivity contribution in [3.63, 3.8) is 0 Å². The molecule has 1 saturated carbocycles. The van der Waals surface area contributed by atoms with Crippen LogP contribution in [0.25, 0.3) is 0 Å². The zero-order valence-electron chi connectivity index (χ0n) is 5.62. The fourth-order valence-corrected chi connectivity index (χ4v) is 0.502. The zero-order valence-corrected chi connectivity index (χ0v) is 6.43. The molecule has 10 heavy (non-hydrogen) atoms. The fourth-order valence-electron chi connectivity index (χ4n) is 0.502. The first kappa shape index (κ1) is 9.36. The first-order valence-electron chi connectivity index (χ1n) is 3.00. The first-order valence-corrected chi connectivity index (χ1v) is 3.00. The normalized spacial score (nSPS) is 15.2. The Bertz CT molecular complexity index is 120. The van der Waals surface area contributed by atoms with Crippen LogP contribution < -0.4 is 11.5 Å². The van der Waals surface area contributed by atoms with Crippen molar-refractivity contribution in [3.05, 3.63) is 0 Å². The summed E-state index contributed by atoms with van der Waals surface area (Å²) >= 11 is 0. The maximum Gasteiger partial charge on any atom is 0.228 e. The molecule has 1 aliphatic rings. The van der Waals surface area contributed by atoms with Crippen molar-refractivity contribution in [3.8, 4) is 0 Å². The van der Waals surface area contributed by atoms with Crippen molar-refractivity contribution in [2.45, 2.75) is 12.8 Å². The van der Waals surface area contributed by atoms with Crippen LogP contribution in [0, 0.1) is 5.92 Å². The van der Waals surface area contributed by atoms with Crippen LogP contribution in [0.15, 0.2) is 5.16 Å². The van der Waals surface area contributed by atoms with Crippen LogP contribution >= 0.6 is 12.4 Å². The summed E-state index contributed by atoms with van der Waals surface area (Å²) in [5.74, 6) is 0.698. The van der Waals surface area contributed by atoms with E-state index < -0.39 is 0 Å². The summed E-state index contributed by atoms with van der Waals surface area (Å²) in [5.41, 5.74) is 10.0. The van der Waals surface area contributed by atoms with Gasteiger partial charge < -0.3 is 16.3 Å². The molecule has 4 nitrogen and oxygen atoms in total. The van der Waals surface area contributed by atoms with Crippen LogP contribution in [0.2, 0.25) is 0 Å². The van der Waals surface area contributed by atoms with Gasteiger partial charge in [0.25, 0.3) is 0 Å². The number of rotatable bonds is 3. The highest BCUT2D eigenvalue weighted by Gasteiger charge is 2.21. The lowest BCUT2D eigenvalue weighted by Gasteiger charge is -1.94. The molecule has 0 aromatic rings. The SMILES string of the molecule is Cl.NC(N)=NOCC1CC1. The Kier molecular flexibility index (Phi) is 3.95. The second-order valence-electron chi connectivity index (χ2n) is 2.26. The van der Waals surface area contributed by atoms with Gasteiger partial charge in [0.1, 0.15) is 6.61 Å². The molecule has 0 unspecified atom stereocenters. The molecule has 1 aliphatic carbocycles. The third kappa shape index (κ3) is 4.26. The number of halogens is 1. The van der Waals surface area contributed by atoms with Crippen molar-refractivity contribution < 1.29 is 4.84 Å². The van der Waals surface area contributed by atoms with Crippen molar-refractivity contribution >= 4 is 18.4 Å². The molecule has 0 amide bonds. The minimum atomic E-state index is -0.00403. The van der Waals surface area contributed by atoms with E-state index in [1.165, 1.54) is 12.8 Å². The van der Waals surface area contributed by atoms with Gasteiger partial charge in [0.05, 0.1) is 0 Å². The fraction of sp³-hybridized carbons (Fsp3) is 0.800. The van der Waals surface area contributed by atoms with Gasteiger partial charge in [-0.05, 0) is 23.9 Å². The topological polar surface area (TPSA) is 73.6 Å². The van der Waals surface area contributed by atoms with Crippen LogP contribution in [0.1, 0.15) is 12.8 Å². The molecule has 60 valence electrons. The van der Waals surface area contributed by atoms with E-state index >= 15 is 0 Å². The Hall–Kier alpha value is -0.640. The van der Waals surface area contributed by atoms with E-state index in [1.807, 2.05) is 0 Å². The van der Waals surface area contributed by atoms with Gasteiger partial charge in [-0.3, -0.25) is 0 Å². The second kappa shape index (κ2) is 4.22. The van der Waals surface area contributed by atoms with Crippen LogP contribution in [0.5, 0.6) is 0 Å². The average molecular weight is 166 g/mol. The quantitative estimate of drug-likeness (QED) is 0.352. The van der Waals surface area contributed by atoms with Gasteiger partial charge in [-0.25, -0.2) is 0 Å². The lowest BCUT2D eigenvalue weighted by atomic mass is 10.5. The molecule has 0 aliphatic heterocycles. The zero-order chi connectivity index (χ0) is 6.69. The molecule has 0 aromatic heterocycles. The van der Waals surface area contributed by atoms with Gasteiger partial charge in [-0.1, -0.05) is 0 Å². The van der Waals surface area contributed by atoms with Gasteiger partial charge in [0.15, 0.2) is 0 Å². The van der Waals surface area contributed by atoms with Crippen molar-refractivity contribution in [2.75, 3.05) is 6.61 Å². The van der Waals surface area contributed by atoms with E-state index in [1.54, 1.807) is 0 Å². The summed E-state index contributed by atoms with van der Waals surface area (Å²) in [6.45, 7) is 0.665. The smallest absolute Gasteiger partial charge is 0.228 e. The molecule has 4 N–H and O–H groups in total. The standard InChI is InChI=1S/C5H11N3O.ClH/c6-5(7)8-9-3-4-1-2-4;/h4H,1-3H2,(H4,6,7,8);1H. The van der Waals surface area contributed by atoms with E-state index in [4.69, 9.17) is 16.3 Å². The van der Waals surface area contributed by atoms with Crippen LogP contribution in [0.3, 0.4) is 0 Å². The number of oxime groups is 1. The predicted octanol–water partition coefficient (Wildman–Crippen LogP) is 0.0232. The van der Waals surface area contributed by atoms with E-state index in [-0.39, 0.29) is 18.4 Å². The molecule has 0 spiro atoms. The lowest BCUT2D eigenvalue weighted by molar-refractivity contribution is 0.133. The van der Waals surface area contributed by atoms with E-state index in [2.05, 4.69) is 5.16 Å². The number of hydrogen-bond acceptors (Lipinski definition) is 2. The van der Waals surface area contributed by atoms with E-state index in [0.29, 0.717) is 12.5 Å². The van der Waals surface area contributed by atoms with Crippen LogP contribution in [-0.4, -0.2) is 12.6 Å². The van der Waals surface area contributed by atoms with Gasteiger partial charge in [0.2, 0.25) is 5.96 Å². The van der Waals surface area contributed by atoms with Crippen molar-refractivity contribution in [1.29, 1.82) is 0 Å². The maximum atomic E-state index is 5.00. The molecular weight excluding hydrogens is 154 g/mol. The minimum Gasteiger partial charge on any atom is -0.393 e. The van der Waals surface area contributed by atoms with E-state index in [0.717, 1.165) is 0 Å². The van der Waals surface area contributed by atoms with Gasteiger partial charge >= 0.3 is 0 Å². The summed E-state index contributed by atoms with van der Waals surface area (Å²) in [6.07, 6.45) is 2.50. The molecule has 1 fully saturated rings. The Morgan fingerprint density at radius 2 is 2.10 bits per heavy atom.